The first-order chi connectivity index (χ1) is 13.4. The lowest BCUT2D eigenvalue weighted by molar-refractivity contribution is -0.141. The van der Waals surface area contributed by atoms with E-state index in [1.54, 1.807) is 6.07 Å². The number of imidazole rings is 1. The van der Waals surface area contributed by atoms with Crippen LogP contribution in [0.3, 0.4) is 0 Å². The number of benzene rings is 1. The minimum Gasteiger partial charge on any atom is -0.347 e. The minimum atomic E-state index is -4.63. The fourth-order valence-electron chi connectivity index (χ4n) is 2.89. The molecule has 0 spiro atoms. The summed E-state index contributed by atoms with van der Waals surface area (Å²) >= 11 is 0. The molecule has 0 aliphatic carbocycles. The molecule has 4 rings (SSSR count). The molecule has 2 N–H and O–H groups in total. The van der Waals surface area contributed by atoms with Crippen molar-refractivity contribution in [2.45, 2.75) is 12.1 Å². The number of tetrazole rings is 1. The summed E-state index contributed by atoms with van der Waals surface area (Å²) in [6.07, 6.45) is -2.06. The average Bonchev–Trinajstić information content (AvgIpc) is 3.35. The Morgan fingerprint density at radius 3 is 2.46 bits per heavy atom. The third kappa shape index (κ3) is 3.33. The van der Waals surface area contributed by atoms with Crippen LogP contribution < -0.4 is 0 Å². The van der Waals surface area contributed by atoms with Crippen LogP contribution >= 0.6 is 0 Å². The van der Waals surface area contributed by atoms with Crippen LogP contribution in [-0.2, 0) is 0 Å². The minimum absolute atomic E-state index is 0.0250. The Hall–Kier alpha value is -3.63. The van der Waals surface area contributed by atoms with Crippen LogP contribution in [-0.4, -0.2) is 41.8 Å². The van der Waals surface area contributed by atoms with E-state index in [0.29, 0.717) is 5.56 Å². The van der Waals surface area contributed by atoms with Crippen LogP contribution in [0, 0.1) is 5.82 Å². The zero-order valence-electron chi connectivity index (χ0n) is 13.9. The van der Waals surface area contributed by atoms with Crippen molar-refractivity contribution in [3.05, 3.63) is 66.0 Å². The molecule has 1 atom stereocenters. The fraction of sp³-hybridized carbons (Fsp3) is 0.118. The van der Waals surface area contributed by atoms with Crippen molar-refractivity contribution >= 4 is 0 Å². The molecule has 142 valence electrons. The standard InChI is InChI=1S/C17H11F4N7/c18-11-3-1-9(2-4-11)13(17(19,20)21)15-14(23-8-24-15)12-7-10(5-6-22-12)16-25-27-28-26-16/h1-8,13H,(H,23,24)(H,25,26,27,28). The molecule has 1 aromatic carbocycles. The molecule has 7 nitrogen and oxygen atoms in total. The quantitative estimate of drug-likeness (QED) is 0.521. The summed E-state index contributed by atoms with van der Waals surface area (Å²) in [4.78, 5) is 10.7. The number of nitrogens with zero attached hydrogens (tertiary/aromatic N) is 5. The molecule has 0 amide bonds. The van der Waals surface area contributed by atoms with Crippen molar-refractivity contribution in [1.29, 1.82) is 0 Å². The van der Waals surface area contributed by atoms with Gasteiger partial charge in [-0.2, -0.15) is 18.4 Å². The number of pyridine rings is 1. The highest BCUT2D eigenvalue weighted by Gasteiger charge is 2.44. The number of hydrogen-bond acceptors (Lipinski definition) is 5. The lowest BCUT2D eigenvalue weighted by atomic mass is 9.93. The first kappa shape index (κ1) is 17.8. The van der Waals surface area contributed by atoms with E-state index in [1.165, 1.54) is 12.3 Å². The topological polar surface area (TPSA) is 96.0 Å². The molecule has 11 heteroatoms. The van der Waals surface area contributed by atoms with Crippen LogP contribution in [0.2, 0.25) is 0 Å². The Kier molecular flexibility index (Phi) is 4.34. The lowest BCUT2D eigenvalue weighted by Gasteiger charge is -2.20. The van der Waals surface area contributed by atoms with Gasteiger partial charge in [0, 0.05) is 11.8 Å². The number of alkyl halides is 3. The van der Waals surface area contributed by atoms with Gasteiger partial charge in [0.25, 0.3) is 0 Å². The van der Waals surface area contributed by atoms with E-state index in [0.717, 1.165) is 30.6 Å². The number of aromatic nitrogens is 7. The number of aromatic amines is 2. The van der Waals surface area contributed by atoms with E-state index in [4.69, 9.17) is 0 Å². The second-order valence-electron chi connectivity index (χ2n) is 5.86. The monoisotopic (exact) mass is 389 g/mol. The first-order valence-corrected chi connectivity index (χ1v) is 7.99. The molecular formula is C17H11F4N7. The van der Waals surface area contributed by atoms with Gasteiger partial charge in [0.15, 0.2) is 0 Å². The number of H-pyrrole nitrogens is 2. The molecule has 3 heterocycles. The van der Waals surface area contributed by atoms with Gasteiger partial charge in [-0.1, -0.05) is 12.1 Å². The van der Waals surface area contributed by atoms with E-state index >= 15 is 0 Å². The van der Waals surface area contributed by atoms with Gasteiger partial charge in [0.1, 0.15) is 17.4 Å². The Morgan fingerprint density at radius 2 is 1.79 bits per heavy atom. The second-order valence-corrected chi connectivity index (χ2v) is 5.86. The van der Waals surface area contributed by atoms with Gasteiger partial charge in [0.2, 0.25) is 5.82 Å². The smallest absolute Gasteiger partial charge is 0.347 e. The van der Waals surface area contributed by atoms with Crippen molar-refractivity contribution in [2.24, 2.45) is 0 Å². The molecule has 3 aromatic heterocycles. The SMILES string of the molecule is Fc1ccc(C(c2[nH]cnc2-c2cc(-c3nn[nH]n3)ccn2)C(F)(F)F)cc1. The Balaban J connectivity index is 1.81. The fourth-order valence-corrected chi connectivity index (χ4v) is 2.89. The van der Waals surface area contributed by atoms with Crippen LogP contribution in [0.15, 0.2) is 48.9 Å². The zero-order valence-corrected chi connectivity index (χ0v) is 13.9. The van der Waals surface area contributed by atoms with Gasteiger partial charge in [0.05, 0.1) is 17.7 Å². The van der Waals surface area contributed by atoms with Gasteiger partial charge in [-0.15, -0.1) is 10.2 Å². The van der Waals surface area contributed by atoms with E-state index in [1.807, 2.05) is 0 Å². The second kappa shape index (κ2) is 6.83. The molecule has 0 aliphatic rings. The summed E-state index contributed by atoms with van der Waals surface area (Å²) in [7, 11) is 0. The predicted octanol–water partition coefficient (Wildman–Crippen LogP) is 3.49. The number of hydrogen-bond donors (Lipinski definition) is 2. The van der Waals surface area contributed by atoms with Crippen molar-refractivity contribution in [1.82, 2.24) is 35.6 Å². The normalized spacial score (nSPS) is 12.9. The van der Waals surface area contributed by atoms with Crippen LogP contribution in [0.1, 0.15) is 17.2 Å². The number of halogens is 4. The van der Waals surface area contributed by atoms with Gasteiger partial charge in [-0.25, -0.2) is 9.37 Å². The predicted molar refractivity (Wildman–Crippen MR) is 89.3 cm³/mol. The molecular weight excluding hydrogens is 378 g/mol. The summed E-state index contributed by atoms with van der Waals surface area (Å²) in [6.45, 7) is 0. The van der Waals surface area contributed by atoms with Gasteiger partial charge >= 0.3 is 6.18 Å². The van der Waals surface area contributed by atoms with E-state index in [9.17, 15) is 17.6 Å². The molecule has 1 unspecified atom stereocenters. The van der Waals surface area contributed by atoms with Crippen molar-refractivity contribution in [3.8, 4) is 22.8 Å². The molecule has 0 radical (unpaired) electrons. The third-order valence-corrected chi connectivity index (χ3v) is 4.09. The van der Waals surface area contributed by atoms with Crippen molar-refractivity contribution in [3.63, 3.8) is 0 Å². The van der Waals surface area contributed by atoms with E-state index < -0.39 is 17.9 Å². The highest BCUT2D eigenvalue weighted by atomic mass is 19.4. The summed E-state index contributed by atoms with van der Waals surface area (Å²) in [5, 5.41) is 13.4. The van der Waals surface area contributed by atoms with Gasteiger partial charge < -0.3 is 4.98 Å². The Bertz CT molecular complexity index is 1070. The molecule has 0 fully saturated rings. The van der Waals surface area contributed by atoms with Crippen LogP contribution in [0.25, 0.3) is 22.8 Å². The average molecular weight is 389 g/mol. The highest BCUT2D eigenvalue weighted by Crippen LogP contribution is 2.42. The maximum absolute atomic E-state index is 13.9. The zero-order chi connectivity index (χ0) is 19.7. The maximum atomic E-state index is 13.9. The van der Waals surface area contributed by atoms with Gasteiger partial charge in [-0.05, 0) is 35.0 Å². The molecule has 0 saturated heterocycles. The molecule has 0 aliphatic heterocycles. The summed E-state index contributed by atoms with van der Waals surface area (Å²) in [5.74, 6) is -2.38. The number of nitrogens with one attached hydrogen (secondary N) is 2. The Morgan fingerprint density at radius 1 is 1.00 bits per heavy atom. The lowest BCUT2D eigenvalue weighted by Crippen LogP contribution is -2.23. The molecule has 0 saturated carbocycles. The van der Waals surface area contributed by atoms with Crippen molar-refractivity contribution in [2.75, 3.05) is 0 Å². The maximum Gasteiger partial charge on any atom is 0.401 e. The van der Waals surface area contributed by atoms with Gasteiger partial charge in [-0.3, -0.25) is 4.98 Å². The summed E-state index contributed by atoms with van der Waals surface area (Å²) < 4.78 is 54.8. The van der Waals surface area contributed by atoms with Crippen molar-refractivity contribution < 1.29 is 17.6 Å². The van der Waals surface area contributed by atoms with E-state index in [-0.39, 0.29) is 28.5 Å². The van der Waals surface area contributed by atoms with Crippen LogP contribution in [0.5, 0.6) is 0 Å². The first-order valence-electron chi connectivity index (χ1n) is 7.99. The largest absolute Gasteiger partial charge is 0.401 e. The number of rotatable bonds is 4. The van der Waals surface area contributed by atoms with E-state index in [2.05, 4.69) is 35.6 Å². The summed E-state index contributed by atoms with van der Waals surface area (Å²) in [6, 6.07) is 7.28. The third-order valence-electron chi connectivity index (χ3n) is 4.09. The van der Waals surface area contributed by atoms with Crippen LogP contribution in [0.4, 0.5) is 17.6 Å². The molecule has 4 aromatic rings. The molecule has 28 heavy (non-hydrogen) atoms. The molecule has 0 bridgehead atoms. The highest BCUT2D eigenvalue weighted by molar-refractivity contribution is 5.66. The Labute approximate surface area is 154 Å². The summed E-state index contributed by atoms with van der Waals surface area (Å²) in [5.41, 5.74) is 0.426.